The zero-order valence-electron chi connectivity index (χ0n) is 11.7. The first-order chi connectivity index (χ1) is 9.00. The van der Waals surface area contributed by atoms with Crippen molar-refractivity contribution in [2.45, 2.75) is 25.9 Å². The van der Waals surface area contributed by atoms with Gasteiger partial charge in [0.15, 0.2) is 5.78 Å². The molecule has 1 aliphatic rings. The lowest BCUT2D eigenvalue weighted by Gasteiger charge is -2.16. The molecule has 2 rings (SSSR count). The Balaban J connectivity index is 2.18. The van der Waals surface area contributed by atoms with E-state index in [2.05, 4.69) is 38.2 Å². The van der Waals surface area contributed by atoms with Crippen LogP contribution in [0.1, 0.15) is 23.8 Å². The largest absolute Gasteiger partial charge is 0.313 e. The van der Waals surface area contributed by atoms with E-state index in [4.69, 9.17) is 0 Å². The van der Waals surface area contributed by atoms with Crippen molar-refractivity contribution in [2.24, 2.45) is 5.92 Å². The van der Waals surface area contributed by atoms with Crippen LogP contribution < -0.4 is 5.32 Å². The van der Waals surface area contributed by atoms with Crippen molar-refractivity contribution in [1.29, 1.82) is 0 Å². The number of hydrogen-bond acceptors (Lipinski definition) is 4. The maximum atomic E-state index is 12.7. The molecule has 0 saturated carbocycles. The van der Waals surface area contributed by atoms with Crippen molar-refractivity contribution in [2.75, 3.05) is 27.2 Å². The second-order valence-electron chi connectivity index (χ2n) is 5.37. The Kier molecular flexibility index (Phi) is 4.76. The van der Waals surface area contributed by atoms with E-state index in [0.29, 0.717) is 5.69 Å². The minimum absolute atomic E-state index is 0.0612. The molecule has 0 radical (unpaired) electrons. The summed E-state index contributed by atoms with van der Waals surface area (Å²) in [4.78, 5) is 14.7. The average molecular weight is 329 g/mol. The quantitative estimate of drug-likeness (QED) is 0.830. The van der Waals surface area contributed by atoms with Crippen LogP contribution in [0.5, 0.6) is 0 Å². The summed E-state index contributed by atoms with van der Waals surface area (Å²) in [5.41, 5.74) is 0.711. The van der Waals surface area contributed by atoms with Crippen LogP contribution in [-0.4, -0.2) is 53.7 Å². The number of halogens is 1. The molecule has 2 atom stereocenters. The summed E-state index contributed by atoms with van der Waals surface area (Å²) in [6, 6.07) is 0.247. The van der Waals surface area contributed by atoms with E-state index in [1.165, 1.54) is 0 Å². The van der Waals surface area contributed by atoms with Crippen molar-refractivity contribution in [3.8, 4) is 0 Å². The van der Waals surface area contributed by atoms with Crippen LogP contribution in [0.4, 0.5) is 0 Å². The van der Waals surface area contributed by atoms with Gasteiger partial charge in [-0.25, -0.2) is 0 Å². The SMILES string of the molecule is CC1NCCC1C(=O)c1c(Br)cnn1CCN(C)C. The fraction of sp³-hybridized carbons (Fsp3) is 0.692. The molecule has 1 fully saturated rings. The monoisotopic (exact) mass is 328 g/mol. The first-order valence-electron chi connectivity index (χ1n) is 6.64. The van der Waals surface area contributed by atoms with Gasteiger partial charge in [-0.05, 0) is 49.9 Å². The van der Waals surface area contributed by atoms with Crippen LogP contribution in [0, 0.1) is 5.92 Å². The van der Waals surface area contributed by atoms with Crippen molar-refractivity contribution in [3.05, 3.63) is 16.4 Å². The molecule has 0 spiro atoms. The number of ketones is 1. The predicted molar refractivity (Wildman–Crippen MR) is 78.4 cm³/mol. The van der Waals surface area contributed by atoms with Crippen molar-refractivity contribution < 1.29 is 4.79 Å². The van der Waals surface area contributed by atoms with E-state index < -0.39 is 0 Å². The maximum absolute atomic E-state index is 12.7. The Morgan fingerprint density at radius 2 is 2.37 bits per heavy atom. The zero-order chi connectivity index (χ0) is 14.0. The summed E-state index contributed by atoms with van der Waals surface area (Å²) in [5, 5.41) is 7.63. The normalized spacial score (nSPS) is 23.2. The second-order valence-corrected chi connectivity index (χ2v) is 6.22. The summed E-state index contributed by atoms with van der Waals surface area (Å²) in [6.45, 7) is 4.59. The fourth-order valence-electron chi connectivity index (χ4n) is 2.46. The number of rotatable bonds is 5. The van der Waals surface area contributed by atoms with Gasteiger partial charge in [0.25, 0.3) is 0 Å². The van der Waals surface area contributed by atoms with E-state index >= 15 is 0 Å². The molecule has 1 aromatic heterocycles. The predicted octanol–water partition coefficient (Wildman–Crippen LogP) is 1.39. The number of hydrogen-bond donors (Lipinski definition) is 1. The number of nitrogens with zero attached hydrogens (tertiary/aromatic N) is 3. The molecule has 1 aromatic rings. The van der Waals surface area contributed by atoms with E-state index in [-0.39, 0.29) is 17.7 Å². The van der Waals surface area contributed by atoms with Crippen molar-refractivity contribution in [1.82, 2.24) is 20.0 Å². The molecular weight excluding hydrogens is 308 g/mol. The number of aromatic nitrogens is 2. The molecule has 2 unspecified atom stereocenters. The first kappa shape index (κ1) is 14.7. The van der Waals surface area contributed by atoms with E-state index in [1.807, 2.05) is 18.8 Å². The Morgan fingerprint density at radius 3 is 2.95 bits per heavy atom. The van der Waals surface area contributed by atoms with Gasteiger partial charge in [0.1, 0.15) is 5.69 Å². The Labute approximate surface area is 122 Å². The van der Waals surface area contributed by atoms with Gasteiger partial charge in [-0.2, -0.15) is 5.10 Å². The molecule has 0 amide bonds. The summed E-state index contributed by atoms with van der Waals surface area (Å²) >= 11 is 3.45. The Bertz CT molecular complexity index is 457. The molecule has 6 heteroatoms. The van der Waals surface area contributed by atoms with Gasteiger partial charge in [-0.3, -0.25) is 9.48 Å². The number of likely N-dealkylation sites (N-methyl/N-ethyl adjacent to an activating group) is 1. The van der Waals surface area contributed by atoms with Gasteiger partial charge in [-0.15, -0.1) is 0 Å². The molecule has 2 heterocycles. The fourth-order valence-corrected chi connectivity index (χ4v) is 2.96. The summed E-state index contributed by atoms with van der Waals surface area (Å²) < 4.78 is 2.62. The second kappa shape index (κ2) is 6.15. The minimum atomic E-state index is 0.0612. The number of carbonyl (C=O) groups excluding carboxylic acids is 1. The van der Waals surface area contributed by atoms with Gasteiger partial charge in [0, 0.05) is 18.5 Å². The molecular formula is C13H21BrN4O. The van der Waals surface area contributed by atoms with Crippen molar-refractivity contribution >= 4 is 21.7 Å². The highest BCUT2D eigenvalue weighted by Crippen LogP contribution is 2.25. The molecule has 0 aromatic carbocycles. The number of nitrogens with one attached hydrogen (secondary N) is 1. The van der Waals surface area contributed by atoms with Crippen LogP contribution in [0.2, 0.25) is 0 Å². The number of carbonyl (C=O) groups is 1. The third-order valence-electron chi connectivity index (χ3n) is 3.65. The van der Waals surface area contributed by atoms with Gasteiger partial charge >= 0.3 is 0 Å². The molecule has 0 aliphatic carbocycles. The average Bonchev–Trinajstić information content (AvgIpc) is 2.92. The lowest BCUT2D eigenvalue weighted by Crippen LogP contribution is -2.30. The molecule has 5 nitrogen and oxygen atoms in total. The molecule has 1 aliphatic heterocycles. The third-order valence-corrected chi connectivity index (χ3v) is 4.23. The van der Waals surface area contributed by atoms with E-state index in [0.717, 1.165) is 30.5 Å². The van der Waals surface area contributed by atoms with E-state index in [1.54, 1.807) is 6.20 Å². The summed E-state index contributed by atoms with van der Waals surface area (Å²) in [7, 11) is 4.03. The standard InChI is InChI=1S/C13H21BrN4O/c1-9-10(4-5-15-9)13(19)12-11(14)8-16-18(12)7-6-17(2)3/h8-10,15H,4-7H2,1-3H3. The van der Waals surface area contributed by atoms with Crippen LogP contribution >= 0.6 is 15.9 Å². The summed E-state index contributed by atoms with van der Waals surface area (Å²) in [5.74, 6) is 0.256. The van der Waals surface area contributed by atoms with E-state index in [9.17, 15) is 4.79 Å². The highest BCUT2D eigenvalue weighted by molar-refractivity contribution is 9.10. The highest BCUT2D eigenvalue weighted by Gasteiger charge is 2.33. The smallest absolute Gasteiger partial charge is 0.186 e. The van der Waals surface area contributed by atoms with Gasteiger partial charge in [-0.1, -0.05) is 0 Å². The topological polar surface area (TPSA) is 50.2 Å². The van der Waals surface area contributed by atoms with Gasteiger partial charge in [0.2, 0.25) is 0 Å². The Morgan fingerprint density at radius 1 is 1.63 bits per heavy atom. The van der Waals surface area contributed by atoms with Gasteiger partial charge < -0.3 is 10.2 Å². The lowest BCUT2D eigenvalue weighted by molar-refractivity contribution is 0.0901. The molecule has 106 valence electrons. The molecule has 0 bridgehead atoms. The lowest BCUT2D eigenvalue weighted by atomic mass is 9.95. The van der Waals surface area contributed by atoms with Crippen LogP contribution in [0.25, 0.3) is 0 Å². The zero-order valence-corrected chi connectivity index (χ0v) is 13.3. The third kappa shape index (κ3) is 3.24. The summed E-state index contributed by atoms with van der Waals surface area (Å²) in [6.07, 6.45) is 2.63. The van der Waals surface area contributed by atoms with Crippen LogP contribution in [0.3, 0.4) is 0 Å². The molecule has 1 N–H and O–H groups in total. The number of Topliss-reactive ketones (excluding diaryl/α,β-unsaturated/α-hetero) is 1. The molecule has 1 saturated heterocycles. The minimum Gasteiger partial charge on any atom is -0.313 e. The van der Waals surface area contributed by atoms with Crippen molar-refractivity contribution in [3.63, 3.8) is 0 Å². The highest BCUT2D eigenvalue weighted by atomic mass is 79.9. The van der Waals surface area contributed by atoms with Gasteiger partial charge in [0.05, 0.1) is 17.2 Å². The van der Waals surface area contributed by atoms with Crippen LogP contribution in [-0.2, 0) is 6.54 Å². The Hall–Kier alpha value is -0.720. The molecule has 19 heavy (non-hydrogen) atoms. The van der Waals surface area contributed by atoms with Crippen LogP contribution in [0.15, 0.2) is 10.7 Å². The maximum Gasteiger partial charge on any atom is 0.186 e. The first-order valence-corrected chi connectivity index (χ1v) is 7.43.